The quantitative estimate of drug-likeness (QED) is 0.400. The van der Waals surface area contributed by atoms with Crippen molar-refractivity contribution in [3.05, 3.63) is 92.1 Å². The molecule has 3 aromatic rings. The van der Waals surface area contributed by atoms with E-state index in [1.54, 1.807) is 0 Å². The van der Waals surface area contributed by atoms with Gasteiger partial charge in [0.25, 0.3) is 11.5 Å². The highest BCUT2D eigenvalue weighted by atomic mass is 19.4. The molecule has 1 aliphatic heterocycles. The fourth-order valence-corrected chi connectivity index (χ4v) is 4.80. The van der Waals surface area contributed by atoms with E-state index in [0.29, 0.717) is 53.9 Å². The third-order valence-corrected chi connectivity index (χ3v) is 6.72. The van der Waals surface area contributed by atoms with Gasteiger partial charge in [-0.3, -0.25) is 9.59 Å². The molecule has 0 N–H and O–H groups in total. The number of carbonyl (C=O) groups is 1. The van der Waals surface area contributed by atoms with E-state index >= 15 is 0 Å². The van der Waals surface area contributed by atoms with Crippen molar-refractivity contribution in [3.8, 4) is 11.1 Å². The number of halogens is 7. The second-order valence-electron chi connectivity index (χ2n) is 9.61. The van der Waals surface area contributed by atoms with Crippen molar-refractivity contribution in [2.75, 3.05) is 20.6 Å². The Morgan fingerprint density at radius 1 is 0.923 bits per heavy atom. The van der Waals surface area contributed by atoms with Gasteiger partial charge in [0.15, 0.2) is 0 Å². The Morgan fingerprint density at radius 3 is 2.03 bits per heavy atom. The number of likely N-dealkylation sites (N-methyl/N-ethyl adjacent to an activating group) is 1. The molecule has 5 nitrogen and oxygen atoms in total. The van der Waals surface area contributed by atoms with Crippen molar-refractivity contribution >= 4 is 5.91 Å². The third-order valence-electron chi connectivity index (χ3n) is 6.72. The van der Waals surface area contributed by atoms with Crippen LogP contribution in [-0.4, -0.2) is 40.9 Å². The van der Waals surface area contributed by atoms with Crippen LogP contribution in [0.5, 0.6) is 0 Å². The van der Waals surface area contributed by atoms with E-state index in [-0.39, 0.29) is 17.3 Å². The standard InChI is InChI=1S/C27H24F7N3O2/c1-35-9-8-20-21(14-35)24(38)37(3)23(22(20)16-4-6-19(28)7-5-16)25(39)36(2)13-15-10-17(26(29,30)31)12-18(11-15)27(32,33)34/h4-7,10-12H,8-9,13-14H2,1-3H3. The molecule has 0 atom stereocenters. The molecule has 1 amide bonds. The first-order valence-electron chi connectivity index (χ1n) is 11.8. The van der Waals surface area contributed by atoms with Crippen LogP contribution in [0.2, 0.25) is 0 Å². The van der Waals surface area contributed by atoms with Crippen LogP contribution in [0.25, 0.3) is 11.1 Å². The van der Waals surface area contributed by atoms with Gasteiger partial charge in [0.1, 0.15) is 11.5 Å². The first-order chi connectivity index (χ1) is 18.1. The van der Waals surface area contributed by atoms with E-state index in [9.17, 15) is 40.3 Å². The predicted molar refractivity (Wildman–Crippen MR) is 129 cm³/mol. The molecular weight excluding hydrogens is 531 g/mol. The maximum Gasteiger partial charge on any atom is 0.416 e. The molecule has 0 saturated carbocycles. The molecule has 12 heteroatoms. The van der Waals surface area contributed by atoms with Gasteiger partial charge in [0, 0.05) is 44.9 Å². The fourth-order valence-electron chi connectivity index (χ4n) is 4.80. The fraction of sp³-hybridized carbons (Fsp3) is 0.333. The summed E-state index contributed by atoms with van der Waals surface area (Å²) in [7, 11) is 4.43. The number of fused-ring (bicyclic) bond motifs is 1. The van der Waals surface area contributed by atoms with E-state index < -0.39 is 47.3 Å². The van der Waals surface area contributed by atoms with E-state index in [1.165, 1.54) is 38.4 Å². The number of hydrogen-bond acceptors (Lipinski definition) is 3. The van der Waals surface area contributed by atoms with Crippen molar-refractivity contribution in [2.45, 2.75) is 31.9 Å². The Kier molecular flexibility index (Phi) is 7.37. The summed E-state index contributed by atoms with van der Waals surface area (Å²) in [5.74, 6) is -1.31. The number of alkyl halides is 6. The molecular formula is C27H24F7N3O2. The number of benzene rings is 2. The van der Waals surface area contributed by atoms with Gasteiger partial charge in [-0.25, -0.2) is 4.39 Å². The van der Waals surface area contributed by atoms with Crippen molar-refractivity contribution in [1.29, 1.82) is 0 Å². The van der Waals surface area contributed by atoms with Crippen LogP contribution in [0.3, 0.4) is 0 Å². The molecule has 208 valence electrons. The van der Waals surface area contributed by atoms with Gasteiger partial charge in [-0.15, -0.1) is 0 Å². The number of rotatable bonds is 4. The summed E-state index contributed by atoms with van der Waals surface area (Å²) in [5.41, 5.74) is -2.05. The Balaban J connectivity index is 1.84. The molecule has 0 bridgehead atoms. The number of pyridine rings is 1. The molecule has 0 unspecified atom stereocenters. The Morgan fingerprint density at radius 2 is 1.49 bits per heavy atom. The molecule has 39 heavy (non-hydrogen) atoms. The predicted octanol–water partition coefficient (Wildman–Crippen LogP) is 5.49. The summed E-state index contributed by atoms with van der Waals surface area (Å²) in [5, 5.41) is 0. The molecule has 0 fully saturated rings. The molecule has 0 radical (unpaired) electrons. The van der Waals surface area contributed by atoms with Crippen LogP contribution in [0.4, 0.5) is 30.7 Å². The van der Waals surface area contributed by atoms with Gasteiger partial charge >= 0.3 is 12.4 Å². The van der Waals surface area contributed by atoms with Gasteiger partial charge in [-0.1, -0.05) is 12.1 Å². The van der Waals surface area contributed by atoms with Crippen LogP contribution >= 0.6 is 0 Å². The van der Waals surface area contributed by atoms with Crippen LogP contribution in [-0.2, 0) is 38.9 Å². The average Bonchev–Trinajstić information content (AvgIpc) is 2.85. The number of nitrogens with zero attached hydrogens (tertiary/aromatic N) is 3. The molecule has 2 heterocycles. The minimum Gasteiger partial charge on any atom is -0.336 e. The topological polar surface area (TPSA) is 45.6 Å². The second-order valence-corrected chi connectivity index (χ2v) is 9.61. The lowest BCUT2D eigenvalue weighted by atomic mass is 9.89. The highest BCUT2D eigenvalue weighted by Gasteiger charge is 2.37. The third kappa shape index (κ3) is 5.70. The maximum absolute atomic E-state index is 13.7. The van der Waals surface area contributed by atoms with Crippen molar-refractivity contribution < 1.29 is 35.5 Å². The molecule has 4 rings (SSSR count). The largest absolute Gasteiger partial charge is 0.416 e. The summed E-state index contributed by atoms with van der Waals surface area (Å²) < 4.78 is 94.8. The summed E-state index contributed by atoms with van der Waals surface area (Å²) in [4.78, 5) is 29.9. The number of carbonyl (C=O) groups excluding carboxylic acids is 1. The van der Waals surface area contributed by atoms with Crippen molar-refractivity contribution in [2.24, 2.45) is 7.05 Å². The first-order valence-corrected chi connectivity index (χ1v) is 11.8. The molecule has 1 aliphatic rings. The zero-order chi connectivity index (χ0) is 28.9. The van der Waals surface area contributed by atoms with Crippen molar-refractivity contribution in [3.63, 3.8) is 0 Å². The van der Waals surface area contributed by atoms with Gasteiger partial charge in [0.2, 0.25) is 0 Å². The normalized spacial score (nSPS) is 14.3. The van der Waals surface area contributed by atoms with E-state index in [1.807, 2.05) is 11.9 Å². The smallest absolute Gasteiger partial charge is 0.336 e. The minimum atomic E-state index is -5.04. The monoisotopic (exact) mass is 555 g/mol. The Bertz CT molecular complexity index is 1440. The second kappa shape index (κ2) is 10.1. The summed E-state index contributed by atoms with van der Waals surface area (Å²) >= 11 is 0. The highest BCUT2D eigenvalue weighted by Crippen LogP contribution is 2.37. The highest BCUT2D eigenvalue weighted by molar-refractivity contribution is 6.00. The van der Waals surface area contributed by atoms with Gasteiger partial charge in [0.05, 0.1) is 11.1 Å². The molecule has 0 saturated heterocycles. The van der Waals surface area contributed by atoms with Crippen LogP contribution in [0.15, 0.2) is 47.3 Å². The number of aromatic nitrogens is 1. The van der Waals surface area contributed by atoms with Crippen LogP contribution in [0, 0.1) is 5.82 Å². The van der Waals surface area contributed by atoms with E-state index in [0.717, 1.165) is 9.47 Å². The summed E-state index contributed by atoms with van der Waals surface area (Å²) in [6.45, 7) is 0.288. The molecule has 0 spiro atoms. The van der Waals surface area contributed by atoms with Crippen molar-refractivity contribution in [1.82, 2.24) is 14.4 Å². The van der Waals surface area contributed by atoms with Gasteiger partial charge < -0.3 is 14.4 Å². The zero-order valence-electron chi connectivity index (χ0n) is 21.2. The van der Waals surface area contributed by atoms with Crippen LogP contribution < -0.4 is 5.56 Å². The minimum absolute atomic E-state index is 0.0160. The number of amides is 1. The number of hydrogen-bond donors (Lipinski definition) is 0. The average molecular weight is 555 g/mol. The van der Waals surface area contributed by atoms with Gasteiger partial charge in [-0.05, 0) is 60.5 Å². The summed E-state index contributed by atoms with van der Waals surface area (Å²) in [6.07, 6.45) is -9.67. The van der Waals surface area contributed by atoms with E-state index in [4.69, 9.17) is 0 Å². The molecule has 0 aliphatic carbocycles. The molecule has 1 aromatic heterocycles. The Hall–Kier alpha value is -3.67. The zero-order valence-corrected chi connectivity index (χ0v) is 21.2. The molecule has 2 aromatic carbocycles. The van der Waals surface area contributed by atoms with Crippen LogP contribution in [0.1, 0.15) is 38.3 Å². The lowest BCUT2D eigenvalue weighted by Crippen LogP contribution is -2.39. The Labute approximate surface area is 219 Å². The maximum atomic E-state index is 13.7. The lowest BCUT2D eigenvalue weighted by molar-refractivity contribution is -0.143. The van der Waals surface area contributed by atoms with E-state index in [2.05, 4.69) is 0 Å². The SMILES string of the molecule is CN1CCc2c(-c3ccc(F)cc3)c(C(=O)N(C)Cc3cc(C(F)(F)F)cc(C(F)(F)F)c3)n(C)c(=O)c2C1. The summed E-state index contributed by atoms with van der Waals surface area (Å²) in [6, 6.07) is 6.42. The first kappa shape index (κ1) is 28.3. The van der Waals surface area contributed by atoms with Gasteiger partial charge in [-0.2, -0.15) is 26.3 Å². The lowest BCUT2D eigenvalue weighted by Gasteiger charge is -2.30.